The molecule has 3 rings (SSSR count). The summed E-state index contributed by atoms with van der Waals surface area (Å²) in [6.45, 7) is 0.430. The summed E-state index contributed by atoms with van der Waals surface area (Å²) < 4.78 is 26.8. The van der Waals surface area contributed by atoms with Gasteiger partial charge in [0.25, 0.3) is 0 Å². The summed E-state index contributed by atoms with van der Waals surface area (Å²) in [4.78, 5) is 3.68. The van der Waals surface area contributed by atoms with Crippen LogP contribution in [0.5, 0.6) is 0 Å². The van der Waals surface area contributed by atoms with Crippen LogP contribution in [-0.2, 0) is 22.2 Å². The van der Waals surface area contributed by atoms with Gasteiger partial charge in [-0.1, -0.05) is 36.4 Å². The Labute approximate surface area is 144 Å². The lowest BCUT2D eigenvalue weighted by Gasteiger charge is -2.06. The third kappa shape index (κ3) is 4.75. The number of rotatable bonds is 7. The van der Waals surface area contributed by atoms with E-state index in [2.05, 4.69) is 28.3 Å². The molecule has 0 aliphatic rings. The van der Waals surface area contributed by atoms with Gasteiger partial charge in [-0.25, -0.2) is 13.1 Å². The summed E-state index contributed by atoms with van der Waals surface area (Å²) >= 11 is 3.44. The fraction of sp³-hybridized carbons (Fsp3) is 0.176. The minimum Gasteiger partial charge on any atom is -0.215 e. The Morgan fingerprint density at radius 3 is 2.48 bits per heavy atom. The van der Waals surface area contributed by atoms with E-state index in [-0.39, 0.29) is 5.75 Å². The van der Waals surface area contributed by atoms with Crippen molar-refractivity contribution >= 4 is 32.7 Å². The van der Waals surface area contributed by atoms with E-state index in [0.717, 1.165) is 5.56 Å². The molecular weight excluding hydrogens is 346 g/mol. The van der Waals surface area contributed by atoms with E-state index >= 15 is 0 Å². The Morgan fingerprint density at radius 2 is 1.74 bits per heavy atom. The molecule has 0 fully saturated rings. The van der Waals surface area contributed by atoms with Gasteiger partial charge in [-0.3, -0.25) is 0 Å². The molecule has 120 valence electrons. The minimum atomic E-state index is -3.28. The normalized spacial score (nSPS) is 11.7. The number of sulfonamides is 1. The molecule has 3 nitrogen and oxygen atoms in total. The van der Waals surface area contributed by atoms with E-state index in [1.54, 1.807) is 22.7 Å². The quantitative estimate of drug-likeness (QED) is 0.686. The van der Waals surface area contributed by atoms with Crippen molar-refractivity contribution in [3.8, 4) is 9.75 Å². The Kier molecular flexibility index (Phi) is 5.27. The Balaban J connectivity index is 1.53. The topological polar surface area (TPSA) is 46.2 Å². The van der Waals surface area contributed by atoms with Crippen LogP contribution < -0.4 is 4.72 Å². The summed E-state index contributed by atoms with van der Waals surface area (Å²) in [6.07, 6.45) is 0.712. The number of nitrogens with one attached hydrogen (secondary N) is 1. The molecule has 3 aromatic rings. The predicted octanol–water partition coefficient (Wildman–Crippen LogP) is 4.14. The molecule has 0 bridgehead atoms. The van der Waals surface area contributed by atoms with Crippen molar-refractivity contribution in [1.82, 2.24) is 4.72 Å². The van der Waals surface area contributed by atoms with Crippen LogP contribution in [0.4, 0.5) is 0 Å². The molecule has 0 radical (unpaired) electrons. The van der Waals surface area contributed by atoms with Gasteiger partial charge in [0, 0.05) is 21.2 Å². The predicted molar refractivity (Wildman–Crippen MR) is 98.4 cm³/mol. The van der Waals surface area contributed by atoms with Crippen LogP contribution in [0.15, 0.2) is 60.0 Å². The summed E-state index contributed by atoms with van der Waals surface area (Å²) in [5.41, 5.74) is 0.802. The van der Waals surface area contributed by atoms with Crippen molar-refractivity contribution < 1.29 is 8.42 Å². The zero-order valence-electron chi connectivity index (χ0n) is 12.4. The molecule has 1 N–H and O–H groups in total. The minimum absolute atomic E-state index is 0.0265. The smallest absolute Gasteiger partial charge is 0.215 e. The van der Waals surface area contributed by atoms with Crippen LogP contribution in [0.1, 0.15) is 10.4 Å². The molecule has 1 aromatic carbocycles. The Morgan fingerprint density at radius 1 is 0.913 bits per heavy atom. The number of benzene rings is 1. The number of hydrogen-bond acceptors (Lipinski definition) is 4. The average molecular weight is 364 g/mol. The third-order valence-corrected chi connectivity index (χ3v) is 6.89. The standard InChI is InChI=1S/C17H17NO2S3/c19-23(20,13-14-5-2-1-3-6-14)18-11-10-15-8-9-17(22-15)16-7-4-12-21-16/h1-9,12,18H,10-11,13H2. The monoisotopic (exact) mass is 363 g/mol. The third-order valence-electron chi connectivity index (χ3n) is 3.32. The van der Waals surface area contributed by atoms with Crippen molar-refractivity contribution in [1.29, 1.82) is 0 Å². The molecule has 0 unspecified atom stereocenters. The lowest BCUT2D eigenvalue weighted by molar-refractivity contribution is 0.581. The molecular formula is C17H17NO2S3. The van der Waals surface area contributed by atoms with Crippen LogP contribution in [0.25, 0.3) is 9.75 Å². The van der Waals surface area contributed by atoms with E-state index < -0.39 is 10.0 Å². The first-order valence-electron chi connectivity index (χ1n) is 7.26. The molecule has 0 spiro atoms. The van der Waals surface area contributed by atoms with Crippen molar-refractivity contribution in [3.05, 3.63) is 70.4 Å². The second kappa shape index (κ2) is 7.40. The zero-order valence-corrected chi connectivity index (χ0v) is 14.9. The van der Waals surface area contributed by atoms with E-state index in [0.29, 0.717) is 13.0 Å². The fourth-order valence-electron chi connectivity index (χ4n) is 2.24. The van der Waals surface area contributed by atoms with Crippen LogP contribution >= 0.6 is 22.7 Å². The molecule has 0 saturated heterocycles. The first kappa shape index (κ1) is 16.4. The number of hydrogen-bond donors (Lipinski definition) is 1. The molecule has 0 atom stereocenters. The number of thiophene rings is 2. The van der Waals surface area contributed by atoms with Crippen molar-refractivity contribution in [3.63, 3.8) is 0 Å². The summed E-state index contributed by atoms with van der Waals surface area (Å²) in [5, 5.41) is 2.06. The second-order valence-electron chi connectivity index (χ2n) is 5.13. The first-order valence-corrected chi connectivity index (χ1v) is 10.6. The largest absolute Gasteiger partial charge is 0.215 e. The van der Waals surface area contributed by atoms with Crippen molar-refractivity contribution in [2.24, 2.45) is 0 Å². The van der Waals surface area contributed by atoms with Gasteiger partial charge in [0.1, 0.15) is 0 Å². The lowest BCUT2D eigenvalue weighted by Crippen LogP contribution is -2.27. The first-order chi connectivity index (χ1) is 11.1. The summed E-state index contributed by atoms with van der Waals surface area (Å²) in [7, 11) is -3.28. The van der Waals surface area contributed by atoms with E-state index in [4.69, 9.17) is 0 Å². The molecule has 0 aliphatic heterocycles. The maximum absolute atomic E-state index is 12.1. The maximum atomic E-state index is 12.1. The van der Waals surface area contributed by atoms with Crippen LogP contribution in [0.2, 0.25) is 0 Å². The highest BCUT2D eigenvalue weighted by Gasteiger charge is 2.11. The van der Waals surface area contributed by atoms with Crippen molar-refractivity contribution in [2.45, 2.75) is 12.2 Å². The lowest BCUT2D eigenvalue weighted by atomic mass is 10.2. The van der Waals surface area contributed by atoms with E-state index in [1.807, 2.05) is 36.4 Å². The highest BCUT2D eigenvalue weighted by atomic mass is 32.2. The van der Waals surface area contributed by atoms with Crippen LogP contribution in [-0.4, -0.2) is 15.0 Å². The summed E-state index contributed by atoms with van der Waals surface area (Å²) in [5.74, 6) is 0.0265. The molecule has 2 aromatic heterocycles. The SMILES string of the molecule is O=S(=O)(Cc1ccccc1)NCCc1ccc(-c2cccs2)s1. The molecule has 23 heavy (non-hydrogen) atoms. The highest BCUT2D eigenvalue weighted by molar-refractivity contribution is 7.88. The van der Waals surface area contributed by atoms with Crippen LogP contribution in [0, 0.1) is 0 Å². The Hall–Kier alpha value is -1.47. The van der Waals surface area contributed by atoms with Crippen LogP contribution in [0.3, 0.4) is 0 Å². The van der Waals surface area contributed by atoms with Gasteiger partial charge in [0.05, 0.1) is 5.75 Å². The zero-order chi connectivity index (χ0) is 16.1. The summed E-state index contributed by atoms with van der Waals surface area (Å²) in [6, 6.07) is 17.5. The fourth-order valence-corrected chi connectivity index (χ4v) is 5.23. The maximum Gasteiger partial charge on any atom is 0.215 e. The molecule has 0 aliphatic carbocycles. The molecule has 0 amide bonds. The van der Waals surface area contributed by atoms with Gasteiger partial charge in [-0.15, -0.1) is 22.7 Å². The second-order valence-corrected chi connectivity index (χ2v) is 9.06. The van der Waals surface area contributed by atoms with E-state index in [1.165, 1.54) is 14.6 Å². The van der Waals surface area contributed by atoms with E-state index in [9.17, 15) is 8.42 Å². The molecule has 6 heteroatoms. The highest BCUT2D eigenvalue weighted by Crippen LogP contribution is 2.31. The van der Waals surface area contributed by atoms with Crippen molar-refractivity contribution in [2.75, 3.05) is 6.54 Å². The van der Waals surface area contributed by atoms with Gasteiger partial charge in [-0.2, -0.15) is 0 Å². The Bertz CT molecular complexity index is 837. The van der Waals surface area contributed by atoms with Gasteiger partial charge in [0.2, 0.25) is 10.0 Å². The molecule has 2 heterocycles. The van der Waals surface area contributed by atoms with Gasteiger partial charge >= 0.3 is 0 Å². The van der Waals surface area contributed by atoms with Gasteiger partial charge < -0.3 is 0 Å². The average Bonchev–Trinajstić information content (AvgIpc) is 3.18. The van der Waals surface area contributed by atoms with Gasteiger partial charge in [-0.05, 0) is 35.6 Å². The van der Waals surface area contributed by atoms with Gasteiger partial charge in [0.15, 0.2) is 0 Å². The molecule has 0 saturated carbocycles.